The van der Waals surface area contributed by atoms with Gasteiger partial charge in [0.05, 0.1) is 0 Å². The van der Waals surface area contributed by atoms with Crippen LogP contribution in [0.15, 0.2) is 24.3 Å². The minimum atomic E-state index is 0.0247. The molecule has 2 amide bonds. The molecule has 0 aromatic heterocycles. The lowest BCUT2D eigenvalue weighted by Gasteiger charge is -2.32. The van der Waals surface area contributed by atoms with Crippen molar-refractivity contribution in [3.63, 3.8) is 0 Å². The molecule has 23 heavy (non-hydrogen) atoms. The molecule has 0 unspecified atom stereocenters. The fraction of sp³-hybridized carbons (Fsp3) is 0.556. The molecule has 1 aliphatic heterocycles. The van der Waals surface area contributed by atoms with Crippen LogP contribution < -0.4 is 5.32 Å². The maximum Gasteiger partial charge on any atom is 0.248 e. The molecule has 5 nitrogen and oxygen atoms in total. The summed E-state index contributed by atoms with van der Waals surface area (Å²) in [6.07, 6.45) is 2.89. The number of likely N-dealkylation sites (tertiary alicyclic amines) is 1. The Morgan fingerprint density at radius 2 is 1.87 bits per heavy atom. The van der Waals surface area contributed by atoms with E-state index in [-0.39, 0.29) is 24.5 Å². The molecule has 1 aliphatic rings. The number of hydrogen-bond acceptors (Lipinski definition) is 3. The van der Waals surface area contributed by atoms with Crippen LogP contribution in [0, 0.1) is 6.92 Å². The minimum absolute atomic E-state index is 0.0247. The number of carbonyl (C=O) groups is 2. The number of benzene rings is 1. The number of aryl methyl sites for hydroxylation is 2. The highest BCUT2D eigenvalue weighted by Crippen LogP contribution is 2.11. The molecule has 0 radical (unpaired) electrons. The third-order valence-electron chi connectivity index (χ3n) is 4.24. The van der Waals surface area contributed by atoms with E-state index in [0.29, 0.717) is 19.5 Å². The van der Waals surface area contributed by atoms with E-state index in [2.05, 4.69) is 36.5 Å². The molecule has 5 heteroatoms. The Morgan fingerprint density at radius 1 is 1.22 bits per heavy atom. The number of nitrogens with one attached hydrogen (secondary N) is 1. The van der Waals surface area contributed by atoms with Gasteiger partial charge in [-0.05, 0) is 31.7 Å². The first-order valence-corrected chi connectivity index (χ1v) is 8.20. The van der Waals surface area contributed by atoms with E-state index >= 15 is 0 Å². The second kappa shape index (κ2) is 8.67. The minimum Gasteiger partial charge on any atom is -0.375 e. The molecular formula is C18H26N2O3. The van der Waals surface area contributed by atoms with Crippen LogP contribution >= 0.6 is 0 Å². The Labute approximate surface area is 138 Å². The van der Waals surface area contributed by atoms with Crippen molar-refractivity contribution in [1.82, 2.24) is 10.2 Å². The smallest absolute Gasteiger partial charge is 0.248 e. The summed E-state index contributed by atoms with van der Waals surface area (Å²) in [6, 6.07) is 8.46. The number of nitrogens with zero attached hydrogens (tertiary/aromatic N) is 1. The van der Waals surface area contributed by atoms with Crippen LogP contribution in [0.5, 0.6) is 0 Å². The lowest BCUT2D eigenvalue weighted by Crippen LogP contribution is -2.47. The van der Waals surface area contributed by atoms with Crippen molar-refractivity contribution >= 4 is 11.8 Å². The van der Waals surface area contributed by atoms with E-state index < -0.39 is 0 Å². The molecule has 0 atom stereocenters. The molecule has 0 bridgehead atoms. The van der Waals surface area contributed by atoms with Crippen LogP contribution in [0.4, 0.5) is 0 Å². The van der Waals surface area contributed by atoms with Crippen molar-refractivity contribution < 1.29 is 14.3 Å². The van der Waals surface area contributed by atoms with Crippen molar-refractivity contribution in [3.8, 4) is 0 Å². The summed E-state index contributed by atoms with van der Waals surface area (Å²) in [5.74, 6) is 0.115. The van der Waals surface area contributed by atoms with Gasteiger partial charge in [-0.3, -0.25) is 9.59 Å². The summed E-state index contributed by atoms with van der Waals surface area (Å²) in [5.41, 5.74) is 2.42. The van der Waals surface area contributed by atoms with Crippen molar-refractivity contribution in [1.29, 1.82) is 0 Å². The summed E-state index contributed by atoms with van der Waals surface area (Å²) in [7, 11) is 1.53. The lowest BCUT2D eigenvalue weighted by atomic mass is 10.0. The average molecular weight is 318 g/mol. The van der Waals surface area contributed by atoms with Crippen LogP contribution in [0.1, 0.15) is 30.4 Å². The third kappa shape index (κ3) is 5.67. The van der Waals surface area contributed by atoms with Gasteiger partial charge in [-0.25, -0.2) is 0 Å². The molecule has 0 aliphatic carbocycles. The number of carbonyl (C=O) groups excluding carboxylic acids is 2. The van der Waals surface area contributed by atoms with Gasteiger partial charge in [0.15, 0.2) is 0 Å². The van der Waals surface area contributed by atoms with Crippen LogP contribution in [-0.2, 0) is 20.7 Å². The molecule has 1 heterocycles. The molecule has 1 aromatic rings. The first-order valence-electron chi connectivity index (χ1n) is 8.20. The Bertz CT molecular complexity index is 520. The Kier molecular flexibility index (Phi) is 6.59. The summed E-state index contributed by atoms with van der Waals surface area (Å²) in [4.78, 5) is 25.6. The van der Waals surface area contributed by atoms with E-state index in [1.807, 2.05) is 0 Å². The van der Waals surface area contributed by atoms with Crippen LogP contribution in [-0.4, -0.2) is 49.6 Å². The van der Waals surface area contributed by atoms with Gasteiger partial charge in [-0.15, -0.1) is 0 Å². The monoisotopic (exact) mass is 318 g/mol. The third-order valence-corrected chi connectivity index (χ3v) is 4.24. The zero-order valence-corrected chi connectivity index (χ0v) is 14.0. The van der Waals surface area contributed by atoms with E-state index in [4.69, 9.17) is 4.74 Å². The average Bonchev–Trinajstić information content (AvgIpc) is 2.55. The highest BCUT2D eigenvalue weighted by atomic mass is 16.5. The standard InChI is InChI=1S/C18H26N2O3/c1-14-3-5-15(6-4-14)7-8-17(21)19-16-9-11-20(12-10-16)18(22)13-23-2/h3-6,16H,7-13H2,1-2H3,(H,19,21). The van der Waals surface area contributed by atoms with Crippen LogP contribution in [0.3, 0.4) is 0 Å². The van der Waals surface area contributed by atoms with Gasteiger partial charge in [0.1, 0.15) is 6.61 Å². The zero-order chi connectivity index (χ0) is 16.7. The topological polar surface area (TPSA) is 58.6 Å². The fourth-order valence-electron chi connectivity index (χ4n) is 2.80. The maximum absolute atomic E-state index is 12.1. The number of methoxy groups -OCH3 is 1. The van der Waals surface area contributed by atoms with Crippen molar-refractivity contribution in [3.05, 3.63) is 35.4 Å². The van der Waals surface area contributed by atoms with Gasteiger partial charge in [0.25, 0.3) is 0 Å². The summed E-state index contributed by atoms with van der Waals surface area (Å²) >= 11 is 0. The van der Waals surface area contributed by atoms with Gasteiger partial charge in [-0.2, -0.15) is 0 Å². The Morgan fingerprint density at radius 3 is 2.48 bits per heavy atom. The van der Waals surface area contributed by atoms with E-state index in [1.165, 1.54) is 18.2 Å². The Balaban J connectivity index is 1.68. The van der Waals surface area contributed by atoms with Crippen molar-refractivity contribution in [2.45, 2.75) is 38.6 Å². The Hall–Kier alpha value is -1.88. The van der Waals surface area contributed by atoms with E-state index in [9.17, 15) is 9.59 Å². The second-order valence-electron chi connectivity index (χ2n) is 6.14. The SMILES string of the molecule is COCC(=O)N1CCC(NC(=O)CCc2ccc(C)cc2)CC1. The predicted molar refractivity (Wildman–Crippen MR) is 89.1 cm³/mol. The van der Waals surface area contributed by atoms with Crippen molar-refractivity contribution in [2.75, 3.05) is 26.8 Å². The zero-order valence-electron chi connectivity index (χ0n) is 14.0. The lowest BCUT2D eigenvalue weighted by molar-refractivity contribution is -0.136. The van der Waals surface area contributed by atoms with Gasteiger partial charge in [0, 0.05) is 32.7 Å². The molecule has 1 N–H and O–H groups in total. The first kappa shape index (κ1) is 17.5. The van der Waals surface area contributed by atoms with Crippen LogP contribution in [0.2, 0.25) is 0 Å². The van der Waals surface area contributed by atoms with Gasteiger partial charge in [0.2, 0.25) is 11.8 Å². The molecule has 1 aromatic carbocycles. The maximum atomic E-state index is 12.1. The summed E-state index contributed by atoms with van der Waals surface area (Å²) < 4.78 is 4.87. The number of hydrogen-bond donors (Lipinski definition) is 1. The number of amides is 2. The highest BCUT2D eigenvalue weighted by Gasteiger charge is 2.23. The molecule has 2 rings (SSSR count). The summed E-state index contributed by atoms with van der Waals surface area (Å²) in [5, 5.41) is 3.08. The predicted octanol–water partition coefficient (Wildman–Crippen LogP) is 1.68. The molecule has 0 spiro atoms. The van der Waals surface area contributed by atoms with Crippen molar-refractivity contribution in [2.24, 2.45) is 0 Å². The number of rotatable bonds is 6. The quantitative estimate of drug-likeness (QED) is 0.868. The van der Waals surface area contributed by atoms with Gasteiger partial charge >= 0.3 is 0 Å². The number of ether oxygens (including phenoxy) is 1. The largest absolute Gasteiger partial charge is 0.375 e. The van der Waals surface area contributed by atoms with Gasteiger partial charge < -0.3 is 15.0 Å². The molecule has 0 saturated carbocycles. The molecule has 126 valence electrons. The molecule has 1 fully saturated rings. The highest BCUT2D eigenvalue weighted by molar-refractivity contribution is 5.78. The fourth-order valence-corrected chi connectivity index (χ4v) is 2.80. The molecular weight excluding hydrogens is 292 g/mol. The number of piperidine rings is 1. The van der Waals surface area contributed by atoms with Crippen LogP contribution in [0.25, 0.3) is 0 Å². The normalized spacial score (nSPS) is 15.5. The van der Waals surface area contributed by atoms with E-state index in [0.717, 1.165) is 19.3 Å². The van der Waals surface area contributed by atoms with E-state index in [1.54, 1.807) is 4.90 Å². The molecule has 1 saturated heterocycles. The summed E-state index contributed by atoms with van der Waals surface area (Å²) in [6.45, 7) is 3.56. The van der Waals surface area contributed by atoms with Gasteiger partial charge in [-0.1, -0.05) is 29.8 Å². The first-order chi connectivity index (χ1) is 11.1. The second-order valence-corrected chi connectivity index (χ2v) is 6.14.